The predicted molar refractivity (Wildman–Crippen MR) is 66.3 cm³/mol. The fraction of sp³-hybridized carbons (Fsp3) is 0.182. The van der Waals surface area contributed by atoms with Crippen LogP contribution in [0.2, 0.25) is 0 Å². The molecule has 0 spiro atoms. The first-order chi connectivity index (χ1) is 7.66. The van der Waals surface area contributed by atoms with Gasteiger partial charge < -0.3 is 10.4 Å². The maximum Gasteiger partial charge on any atom is 0.124 e. The summed E-state index contributed by atoms with van der Waals surface area (Å²) in [7, 11) is 1.87. The molecule has 1 heterocycles. The van der Waals surface area contributed by atoms with Crippen molar-refractivity contribution >= 4 is 21.7 Å². The number of aromatic nitrogens is 2. The second-order valence-electron chi connectivity index (χ2n) is 3.47. The van der Waals surface area contributed by atoms with Crippen molar-refractivity contribution in [2.45, 2.75) is 6.54 Å². The Morgan fingerprint density at radius 2 is 2.25 bits per heavy atom. The van der Waals surface area contributed by atoms with Crippen LogP contribution in [0.3, 0.4) is 0 Å². The number of hydrogen-bond donors (Lipinski definition) is 2. The molecular formula is C11H12BrN3O. The molecule has 2 N–H and O–H groups in total. The van der Waals surface area contributed by atoms with Crippen LogP contribution in [-0.4, -0.2) is 14.9 Å². The highest BCUT2D eigenvalue weighted by Crippen LogP contribution is 2.22. The van der Waals surface area contributed by atoms with Crippen LogP contribution >= 0.6 is 15.9 Å². The normalized spacial score (nSPS) is 10.4. The molecule has 0 bridgehead atoms. The Labute approximate surface area is 102 Å². The zero-order chi connectivity index (χ0) is 11.5. The van der Waals surface area contributed by atoms with Crippen LogP contribution in [0.4, 0.5) is 5.82 Å². The van der Waals surface area contributed by atoms with Crippen LogP contribution in [0.15, 0.2) is 34.9 Å². The Hall–Kier alpha value is -1.49. The van der Waals surface area contributed by atoms with Gasteiger partial charge in [0.2, 0.25) is 0 Å². The van der Waals surface area contributed by atoms with Gasteiger partial charge in [0, 0.05) is 24.1 Å². The second kappa shape index (κ2) is 4.57. The molecule has 4 nitrogen and oxygen atoms in total. The molecule has 2 rings (SSSR count). The van der Waals surface area contributed by atoms with Gasteiger partial charge in [-0.1, -0.05) is 15.9 Å². The van der Waals surface area contributed by atoms with Crippen LogP contribution < -0.4 is 5.32 Å². The molecule has 16 heavy (non-hydrogen) atoms. The zero-order valence-electron chi connectivity index (χ0n) is 8.81. The Morgan fingerprint density at radius 1 is 1.44 bits per heavy atom. The van der Waals surface area contributed by atoms with Crippen molar-refractivity contribution < 1.29 is 5.11 Å². The predicted octanol–water partition coefficient (Wildman–Crippen LogP) is 2.50. The van der Waals surface area contributed by atoms with E-state index < -0.39 is 0 Å². The largest absolute Gasteiger partial charge is 0.508 e. The van der Waals surface area contributed by atoms with Gasteiger partial charge in [0.1, 0.15) is 11.6 Å². The lowest BCUT2D eigenvalue weighted by Crippen LogP contribution is -2.04. The highest BCUT2D eigenvalue weighted by atomic mass is 79.9. The first kappa shape index (κ1) is 11.0. The van der Waals surface area contributed by atoms with Crippen molar-refractivity contribution in [2.24, 2.45) is 7.05 Å². The van der Waals surface area contributed by atoms with Gasteiger partial charge in [-0.15, -0.1) is 0 Å². The van der Waals surface area contributed by atoms with E-state index in [1.807, 2.05) is 19.2 Å². The Bertz CT molecular complexity index is 496. The van der Waals surface area contributed by atoms with E-state index in [0.717, 1.165) is 15.9 Å². The summed E-state index contributed by atoms with van der Waals surface area (Å²) in [5.41, 5.74) is 1.00. The number of phenolic OH excluding ortho intramolecular Hbond substituents is 1. The Kier molecular flexibility index (Phi) is 3.14. The van der Waals surface area contributed by atoms with Crippen molar-refractivity contribution in [2.75, 3.05) is 5.32 Å². The van der Waals surface area contributed by atoms with Gasteiger partial charge in [-0.25, -0.2) is 0 Å². The summed E-state index contributed by atoms with van der Waals surface area (Å²) in [5, 5.41) is 16.7. The summed E-state index contributed by atoms with van der Waals surface area (Å²) in [6, 6.07) is 7.11. The number of aryl methyl sites for hydroxylation is 1. The van der Waals surface area contributed by atoms with Gasteiger partial charge in [-0.2, -0.15) is 5.10 Å². The van der Waals surface area contributed by atoms with Gasteiger partial charge in [0.05, 0.1) is 6.20 Å². The summed E-state index contributed by atoms with van der Waals surface area (Å²) >= 11 is 3.44. The molecule has 5 heteroatoms. The lowest BCUT2D eigenvalue weighted by atomic mass is 10.2. The van der Waals surface area contributed by atoms with Gasteiger partial charge in [0.15, 0.2) is 0 Å². The molecule has 0 saturated carbocycles. The number of nitrogens with zero attached hydrogens (tertiary/aromatic N) is 2. The number of anilines is 1. The maximum absolute atomic E-state index is 9.38. The first-order valence-electron chi connectivity index (χ1n) is 4.86. The van der Waals surface area contributed by atoms with Crippen molar-refractivity contribution in [3.8, 4) is 5.75 Å². The summed E-state index contributed by atoms with van der Waals surface area (Å²) in [6.45, 7) is 0.633. The highest BCUT2D eigenvalue weighted by molar-refractivity contribution is 9.10. The van der Waals surface area contributed by atoms with Crippen molar-refractivity contribution in [1.82, 2.24) is 9.78 Å². The lowest BCUT2D eigenvalue weighted by molar-refractivity contribution is 0.474. The average Bonchev–Trinajstić information content (AvgIpc) is 2.66. The minimum atomic E-state index is 0.269. The van der Waals surface area contributed by atoms with E-state index in [1.165, 1.54) is 0 Å². The quantitative estimate of drug-likeness (QED) is 0.909. The van der Waals surface area contributed by atoms with Gasteiger partial charge in [-0.3, -0.25) is 4.68 Å². The van der Waals surface area contributed by atoms with Crippen LogP contribution in [-0.2, 0) is 13.6 Å². The zero-order valence-corrected chi connectivity index (χ0v) is 10.4. The van der Waals surface area contributed by atoms with Crippen LogP contribution in [0.1, 0.15) is 5.56 Å². The second-order valence-corrected chi connectivity index (χ2v) is 4.32. The summed E-state index contributed by atoms with van der Waals surface area (Å²) in [5.74, 6) is 1.21. The number of aromatic hydroxyl groups is 1. The third kappa shape index (κ3) is 2.36. The maximum atomic E-state index is 9.38. The van der Waals surface area contributed by atoms with E-state index in [2.05, 4.69) is 26.3 Å². The lowest BCUT2D eigenvalue weighted by Gasteiger charge is -2.08. The van der Waals surface area contributed by atoms with Crippen molar-refractivity contribution in [1.29, 1.82) is 0 Å². The smallest absolute Gasteiger partial charge is 0.124 e. The van der Waals surface area contributed by atoms with Crippen molar-refractivity contribution in [3.05, 3.63) is 40.5 Å². The molecule has 0 radical (unpaired) electrons. The van der Waals surface area contributed by atoms with E-state index in [9.17, 15) is 5.11 Å². The Balaban J connectivity index is 2.10. The van der Waals surface area contributed by atoms with E-state index >= 15 is 0 Å². The summed E-state index contributed by atoms with van der Waals surface area (Å²) in [4.78, 5) is 0. The fourth-order valence-corrected chi connectivity index (χ4v) is 1.82. The minimum Gasteiger partial charge on any atom is -0.508 e. The topological polar surface area (TPSA) is 50.1 Å². The molecule has 0 atom stereocenters. The van der Waals surface area contributed by atoms with Crippen LogP contribution in [0.25, 0.3) is 0 Å². The molecule has 0 saturated heterocycles. The first-order valence-corrected chi connectivity index (χ1v) is 5.65. The van der Waals surface area contributed by atoms with Gasteiger partial charge in [-0.05, 0) is 23.8 Å². The fourth-order valence-electron chi connectivity index (χ4n) is 1.43. The highest BCUT2D eigenvalue weighted by Gasteiger charge is 2.02. The molecule has 1 aromatic heterocycles. The van der Waals surface area contributed by atoms with E-state index in [0.29, 0.717) is 6.54 Å². The van der Waals surface area contributed by atoms with Crippen LogP contribution in [0, 0.1) is 0 Å². The minimum absolute atomic E-state index is 0.269. The monoisotopic (exact) mass is 281 g/mol. The van der Waals surface area contributed by atoms with E-state index in [4.69, 9.17) is 0 Å². The van der Waals surface area contributed by atoms with E-state index in [1.54, 1.807) is 23.0 Å². The number of hydrogen-bond acceptors (Lipinski definition) is 3. The van der Waals surface area contributed by atoms with E-state index in [-0.39, 0.29) is 5.75 Å². The molecule has 0 fully saturated rings. The van der Waals surface area contributed by atoms with Crippen LogP contribution in [0.5, 0.6) is 5.75 Å². The summed E-state index contributed by atoms with van der Waals surface area (Å²) < 4.78 is 2.73. The standard InChI is InChI=1S/C11H12BrN3O/c1-15-11(4-5-14-15)13-7-8-6-9(16)2-3-10(8)12/h2-6,13,16H,7H2,1H3. The third-order valence-electron chi connectivity index (χ3n) is 2.31. The molecule has 0 amide bonds. The number of halogens is 1. The molecular weight excluding hydrogens is 270 g/mol. The number of nitrogens with one attached hydrogen (secondary N) is 1. The Morgan fingerprint density at radius 3 is 2.94 bits per heavy atom. The average molecular weight is 282 g/mol. The molecule has 0 unspecified atom stereocenters. The molecule has 0 aliphatic heterocycles. The SMILES string of the molecule is Cn1nccc1NCc1cc(O)ccc1Br. The van der Waals surface area contributed by atoms with Gasteiger partial charge in [0.25, 0.3) is 0 Å². The molecule has 0 aliphatic rings. The summed E-state index contributed by atoms with van der Waals surface area (Å²) in [6.07, 6.45) is 1.74. The molecule has 2 aromatic rings. The third-order valence-corrected chi connectivity index (χ3v) is 3.08. The molecule has 84 valence electrons. The number of phenols is 1. The number of rotatable bonds is 3. The number of benzene rings is 1. The van der Waals surface area contributed by atoms with Gasteiger partial charge >= 0.3 is 0 Å². The molecule has 1 aromatic carbocycles. The molecule has 0 aliphatic carbocycles. The van der Waals surface area contributed by atoms with Crippen molar-refractivity contribution in [3.63, 3.8) is 0 Å².